The van der Waals surface area contributed by atoms with E-state index in [0.29, 0.717) is 23.9 Å². The number of hydrogen-bond donors (Lipinski definition) is 0. The van der Waals surface area contributed by atoms with Crippen LogP contribution in [-0.4, -0.2) is 64.4 Å². The molecule has 4 atom stereocenters. The third-order valence-electron chi connectivity index (χ3n) is 6.07. The zero-order chi connectivity index (χ0) is 16.5. The Hall–Kier alpha value is -1.59. The van der Waals surface area contributed by atoms with Crippen molar-refractivity contribution in [2.75, 3.05) is 40.3 Å². The fraction of sp³-hybridized carbons (Fsp3) is 0.632. The summed E-state index contributed by atoms with van der Waals surface area (Å²) in [5.74, 6) is 1.30. The molecule has 0 radical (unpaired) electrons. The molecule has 4 rings (SSSR count). The SMILES string of the molecule is CN1CCC(n2cccc2)C(C2CN(C)CCC2n2cccn2)C1. The standard InChI is InChI=1S/C19H29N5/c1-21-12-6-18(23-9-3-4-10-23)16(14-21)17-15-22(2)13-7-19(17)24-11-5-8-20-24/h3-5,8-11,16-19H,6-7,12-15H2,1-2H3. The van der Waals surface area contributed by atoms with Crippen molar-refractivity contribution in [1.29, 1.82) is 0 Å². The summed E-state index contributed by atoms with van der Waals surface area (Å²) in [5.41, 5.74) is 0. The largest absolute Gasteiger partial charge is 0.351 e. The second kappa shape index (κ2) is 6.73. The van der Waals surface area contributed by atoms with Crippen LogP contribution in [0.4, 0.5) is 0 Å². The molecule has 4 unspecified atom stereocenters. The van der Waals surface area contributed by atoms with Crippen molar-refractivity contribution in [2.24, 2.45) is 11.8 Å². The van der Waals surface area contributed by atoms with Gasteiger partial charge in [-0.2, -0.15) is 5.10 Å². The predicted octanol–water partition coefficient (Wildman–Crippen LogP) is 2.37. The van der Waals surface area contributed by atoms with E-state index in [1.807, 2.05) is 6.20 Å². The molecular formula is C19H29N5. The van der Waals surface area contributed by atoms with Gasteiger partial charge in [0.25, 0.3) is 0 Å². The highest BCUT2D eigenvalue weighted by Crippen LogP contribution is 2.41. The predicted molar refractivity (Wildman–Crippen MR) is 95.9 cm³/mol. The van der Waals surface area contributed by atoms with Crippen LogP contribution in [0.3, 0.4) is 0 Å². The second-order valence-electron chi connectivity index (χ2n) is 7.68. The highest BCUT2D eigenvalue weighted by Gasteiger charge is 2.41. The van der Waals surface area contributed by atoms with Crippen LogP contribution in [0.25, 0.3) is 0 Å². The maximum atomic E-state index is 4.59. The number of aromatic nitrogens is 3. The minimum Gasteiger partial charge on any atom is -0.351 e. The van der Waals surface area contributed by atoms with Crippen molar-refractivity contribution < 1.29 is 0 Å². The Morgan fingerprint density at radius 1 is 0.792 bits per heavy atom. The molecule has 24 heavy (non-hydrogen) atoms. The maximum Gasteiger partial charge on any atom is 0.0575 e. The molecule has 2 aliphatic heterocycles. The molecule has 2 aromatic heterocycles. The Kier molecular flexibility index (Phi) is 4.46. The zero-order valence-electron chi connectivity index (χ0n) is 14.8. The molecule has 0 amide bonds. The summed E-state index contributed by atoms with van der Waals surface area (Å²) in [7, 11) is 4.54. The average Bonchev–Trinajstić information content (AvgIpc) is 3.28. The van der Waals surface area contributed by atoms with Crippen LogP contribution in [0.2, 0.25) is 0 Å². The van der Waals surface area contributed by atoms with Gasteiger partial charge in [-0.25, -0.2) is 0 Å². The molecule has 0 saturated carbocycles. The summed E-state index contributed by atoms with van der Waals surface area (Å²) in [6.07, 6.45) is 11.0. The number of likely N-dealkylation sites (tertiary alicyclic amines) is 2. The van der Waals surface area contributed by atoms with Crippen LogP contribution >= 0.6 is 0 Å². The quantitative estimate of drug-likeness (QED) is 0.867. The van der Waals surface area contributed by atoms with Gasteiger partial charge in [0.15, 0.2) is 0 Å². The molecule has 130 valence electrons. The van der Waals surface area contributed by atoms with E-state index in [9.17, 15) is 0 Å². The molecule has 0 aliphatic carbocycles. The van der Waals surface area contributed by atoms with Crippen molar-refractivity contribution in [3.63, 3.8) is 0 Å². The van der Waals surface area contributed by atoms with Gasteiger partial charge in [-0.05, 0) is 64.1 Å². The van der Waals surface area contributed by atoms with Crippen LogP contribution in [0.5, 0.6) is 0 Å². The van der Waals surface area contributed by atoms with Gasteiger partial charge in [-0.15, -0.1) is 0 Å². The Balaban J connectivity index is 1.65. The molecule has 0 bridgehead atoms. The molecule has 2 fully saturated rings. The number of rotatable bonds is 3. The van der Waals surface area contributed by atoms with Crippen molar-refractivity contribution >= 4 is 0 Å². The summed E-state index contributed by atoms with van der Waals surface area (Å²) in [4.78, 5) is 5.02. The summed E-state index contributed by atoms with van der Waals surface area (Å²) in [6, 6.07) is 7.50. The monoisotopic (exact) mass is 327 g/mol. The summed E-state index contributed by atoms with van der Waals surface area (Å²) in [5, 5.41) is 4.59. The van der Waals surface area contributed by atoms with E-state index in [2.05, 4.69) is 75.0 Å². The van der Waals surface area contributed by atoms with Crippen LogP contribution in [-0.2, 0) is 0 Å². The first-order valence-electron chi connectivity index (χ1n) is 9.21. The van der Waals surface area contributed by atoms with Gasteiger partial charge in [0, 0.05) is 49.8 Å². The van der Waals surface area contributed by atoms with Gasteiger partial charge in [-0.3, -0.25) is 4.68 Å². The van der Waals surface area contributed by atoms with E-state index in [1.54, 1.807) is 0 Å². The number of nitrogens with zero attached hydrogens (tertiary/aromatic N) is 5. The fourth-order valence-corrected chi connectivity index (χ4v) is 4.86. The highest BCUT2D eigenvalue weighted by molar-refractivity contribution is 5.00. The van der Waals surface area contributed by atoms with Crippen molar-refractivity contribution in [1.82, 2.24) is 24.1 Å². The van der Waals surface area contributed by atoms with Gasteiger partial charge in [0.2, 0.25) is 0 Å². The van der Waals surface area contributed by atoms with E-state index < -0.39 is 0 Å². The average molecular weight is 327 g/mol. The maximum absolute atomic E-state index is 4.59. The molecule has 0 N–H and O–H groups in total. The smallest absolute Gasteiger partial charge is 0.0575 e. The van der Waals surface area contributed by atoms with Gasteiger partial charge < -0.3 is 14.4 Å². The van der Waals surface area contributed by atoms with Gasteiger partial charge in [-0.1, -0.05) is 0 Å². The first-order chi connectivity index (χ1) is 11.7. The topological polar surface area (TPSA) is 29.2 Å². The minimum atomic E-state index is 0.519. The van der Waals surface area contributed by atoms with E-state index in [-0.39, 0.29) is 0 Å². The molecule has 2 aromatic rings. The van der Waals surface area contributed by atoms with Crippen molar-refractivity contribution in [2.45, 2.75) is 24.9 Å². The van der Waals surface area contributed by atoms with Gasteiger partial charge in [0.1, 0.15) is 0 Å². The Bertz CT molecular complexity index is 564. The lowest BCUT2D eigenvalue weighted by Gasteiger charge is -2.47. The highest BCUT2D eigenvalue weighted by atomic mass is 15.3. The zero-order valence-corrected chi connectivity index (χ0v) is 14.8. The lowest BCUT2D eigenvalue weighted by molar-refractivity contribution is 0.0268. The summed E-state index contributed by atoms with van der Waals surface area (Å²) < 4.78 is 4.67. The van der Waals surface area contributed by atoms with Crippen LogP contribution in [0.1, 0.15) is 24.9 Å². The van der Waals surface area contributed by atoms with Crippen LogP contribution < -0.4 is 0 Å². The van der Waals surface area contributed by atoms with Gasteiger partial charge in [0.05, 0.1) is 6.04 Å². The summed E-state index contributed by atoms with van der Waals surface area (Å²) in [6.45, 7) is 4.70. The molecule has 5 nitrogen and oxygen atoms in total. The lowest BCUT2D eigenvalue weighted by Crippen LogP contribution is -2.50. The molecule has 2 aliphatic rings. The van der Waals surface area contributed by atoms with E-state index in [1.165, 1.54) is 32.5 Å². The first kappa shape index (κ1) is 15.9. The Labute approximate surface area is 144 Å². The van der Waals surface area contributed by atoms with Gasteiger partial charge >= 0.3 is 0 Å². The number of hydrogen-bond acceptors (Lipinski definition) is 3. The lowest BCUT2D eigenvalue weighted by atomic mass is 9.75. The van der Waals surface area contributed by atoms with Crippen LogP contribution in [0.15, 0.2) is 43.0 Å². The normalized spacial score (nSPS) is 32.9. The van der Waals surface area contributed by atoms with Crippen molar-refractivity contribution in [3.05, 3.63) is 43.0 Å². The fourth-order valence-electron chi connectivity index (χ4n) is 4.86. The molecule has 0 spiro atoms. The third-order valence-corrected chi connectivity index (χ3v) is 6.07. The molecular weight excluding hydrogens is 298 g/mol. The first-order valence-corrected chi connectivity index (χ1v) is 9.21. The second-order valence-corrected chi connectivity index (χ2v) is 7.68. The minimum absolute atomic E-state index is 0.519. The van der Waals surface area contributed by atoms with Crippen LogP contribution in [0, 0.1) is 11.8 Å². The molecule has 0 aromatic carbocycles. The molecule has 2 saturated heterocycles. The Morgan fingerprint density at radius 3 is 2.04 bits per heavy atom. The van der Waals surface area contributed by atoms with Crippen molar-refractivity contribution in [3.8, 4) is 0 Å². The van der Waals surface area contributed by atoms with E-state index in [4.69, 9.17) is 0 Å². The molecule has 4 heterocycles. The Morgan fingerprint density at radius 2 is 1.42 bits per heavy atom. The van der Waals surface area contributed by atoms with E-state index >= 15 is 0 Å². The van der Waals surface area contributed by atoms with E-state index in [0.717, 1.165) is 6.54 Å². The summed E-state index contributed by atoms with van der Waals surface area (Å²) >= 11 is 0. The number of piperidine rings is 2. The third kappa shape index (κ3) is 3.03. The molecule has 5 heteroatoms.